The summed E-state index contributed by atoms with van der Waals surface area (Å²) in [6, 6.07) is 4.92. The van der Waals surface area contributed by atoms with Crippen LogP contribution in [0.4, 0.5) is 0 Å². The molecule has 2 rings (SSSR count). The molecule has 76 valence electrons. The molecule has 0 unspecified atom stereocenters. The molecule has 0 radical (unpaired) electrons. The van der Waals surface area contributed by atoms with Gasteiger partial charge in [0.1, 0.15) is 11.1 Å². The summed E-state index contributed by atoms with van der Waals surface area (Å²) < 4.78 is 5.24. The van der Waals surface area contributed by atoms with Crippen molar-refractivity contribution < 1.29 is 14.3 Å². The van der Waals surface area contributed by atoms with Crippen molar-refractivity contribution in [2.75, 3.05) is 0 Å². The summed E-state index contributed by atoms with van der Waals surface area (Å²) in [5.74, 6) is 0.0739. The van der Waals surface area contributed by atoms with Gasteiger partial charge in [-0.25, -0.2) is 4.98 Å². The first-order valence-corrected chi connectivity index (χ1v) is 4.48. The number of halogens is 1. The summed E-state index contributed by atoms with van der Waals surface area (Å²) >= 11 is 5.76. The van der Waals surface area contributed by atoms with Gasteiger partial charge in [0, 0.05) is 5.02 Å². The molecule has 15 heavy (non-hydrogen) atoms. The highest BCUT2D eigenvalue weighted by molar-refractivity contribution is 6.31. The molecule has 1 heterocycles. The van der Waals surface area contributed by atoms with Crippen LogP contribution in [-0.4, -0.2) is 16.4 Å². The van der Waals surface area contributed by atoms with Crippen molar-refractivity contribution in [2.24, 2.45) is 0 Å². The number of aldehydes is 1. The van der Waals surface area contributed by atoms with Gasteiger partial charge < -0.3 is 9.52 Å². The predicted molar refractivity (Wildman–Crippen MR) is 55.7 cm³/mol. The van der Waals surface area contributed by atoms with Crippen molar-refractivity contribution in [1.29, 1.82) is 0 Å². The number of rotatable bonds is 2. The van der Waals surface area contributed by atoms with E-state index in [0.717, 1.165) is 0 Å². The van der Waals surface area contributed by atoms with Crippen molar-refractivity contribution in [3.05, 3.63) is 35.4 Å². The number of nitrogens with zero attached hydrogens (tertiary/aromatic N) is 1. The number of oxazole rings is 1. The second-order valence-electron chi connectivity index (χ2n) is 2.83. The first kappa shape index (κ1) is 9.73. The summed E-state index contributed by atoms with van der Waals surface area (Å²) in [4.78, 5) is 14.5. The molecule has 0 bridgehead atoms. The third-order valence-electron chi connectivity index (χ3n) is 1.86. The van der Waals surface area contributed by atoms with Crippen molar-refractivity contribution in [2.45, 2.75) is 0 Å². The van der Waals surface area contributed by atoms with Crippen molar-refractivity contribution in [1.82, 2.24) is 4.98 Å². The van der Waals surface area contributed by atoms with Crippen LogP contribution >= 0.6 is 11.6 Å². The minimum absolute atomic E-state index is 0.0117. The Morgan fingerprint density at radius 1 is 1.53 bits per heavy atom. The summed E-state index contributed by atoms with van der Waals surface area (Å²) in [6.07, 6.45) is 1.12. The van der Waals surface area contributed by atoms with Crippen molar-refractivity contribution in [3.8, 4) is 0 Å². The van der Waals surface area contributed by atoms with Gasteiger partial charge in [-0.3, -0.25) is 4.79 Å². The van der Waals surface area contributed by atoms with Crippen LogP contribution in [0.3, 0.4) is 0 Å². The van der Waals surface area contributed by atoms with E-state index < -0.39 is 0 Å². The van der Waals surface area contributed by atoms with E-state index in [-0.39, 0.29) is 11.5 Å². The lowest BCUT2D eigenvalue weighted by molar-refractivity contribution is -0.103. The highest BCUT2D eigenvalue weighted by Crippen LogP contribution is 2.22. The maximum absolute atomic E-state index is 10.5. The molecule has 2 aromatic rings. The lowest BCUT2D eigenvalue weighted by Gasteiger charge is -1.87. The quantitative estimate of drug-likeness (QED) is 0.483. The van der Waals surface area contributed by atoms with Crippen molar-refractivity contribution >= 4 is 34.6 Å². The van der Waals surface area contributed by atoms with Gasteiger partial charge in [0.2, 0.25) is 5.89 Å². The average molecular weight is 224 g/mol. The monoisotopic (exact) mass is 223 g/mol. The van der Waals surface area contributed by atoms with Gasteiger partial charge in [-0.15, -0.1) is 0 Å². The maximum atomic E-state index is 10.5. The number of hydrogen-bond donors (Lipinski definition) is 1. The Morgan fingerprint density at radius 3 is 3.00 bits per heavy atom. The van der Waals surface area contributed by atoms with Gasteiger partial charge in [-0.2, -0.15) is 0 Å². The smallest absolute Gasteiger partial charge is 0.233 e. The Morgan fingerprint density at radius 2 is 2.33 bits per heavy atom. The minimum Gasteiger partial charge on any atom is -0.515 e. The van der Waals surface area contributed by atoms with Gasteiger partial charge in [0.25, 0.3) is 0 Å². The van der Waals surface area contributed by atoms with E-state index in [0.29, 0.717) is 28.7 Å². The number of hydrogen-bond acceptors (Lipinski definition) is 4. The number of carbonyl (C=O) groups is 1. The zero-order chi connectivity index (χ0) is 10.8. The van der Waals surface area contributed by atoms with Crippen LogP contribution < -0.4 is 0 Å². The van der Waals surface area contributed by atoms with Gasteiger partial charge in [-0.05, 0) is 18.2 Å². The molecule has 0 aliphatic heterocycles. The number of aromatic nitrogens is 1. The molecule has 0 aliphatic carbocycles. The molecule has 1 aromatic carbocycles. The molecule has 0 spiro atoms. The fourth-order valence-corrected chi connectivity index (χ4v) is 1.33. The second-order valence-corrected chi connectivity index (χ2v) is 3.27. The van der Waals surface area contributed by atoms with E-state index in [1.807, 2.05) is 0 Å². The lowest BCUT2D eigenvalue weighted by Crippen LogP contribution is -1.84. The standard InChI is InChI=1S/C10H6ClNO3/c11-7-1-2-9-8(3-7)12-10(15-9)6(4-13)5-14/h1-5,13H. The Kier molecular flexibility index (Phi) is 2.43. The fourth-order valence-electron chi connectivity index (χ4n) is 1.16. The number of carbonyl (C=O) groups excluding carboxylic acids is 1. The molecular formula is C10H6ClNO3. The highest BCUT2D eigenvalue weighted by Gasteiger charge is 2.10. The van der Waals surface area contributed by atoms with Crippen molar-refractivity contribution in [3.63, 3.8) is 0 Å². The summed E-state index contributed by atoms with van der Waals surface area (Å²) in [5, 5.41) is 9.27. The minimum atomic E-state index is -0.0117. The molecule has 5 heteroatoms. The molecule has 0 aliphatic rings. The fraction of sp³-hybridized carbons (Fsp3) is 0. The van der Waals surface area contributed by atoms with E-state index in [1.54, 1.807) is 18.2 Å². The van der Waals surface area contributed by atoms with Crippen LogP contribution in [0.1, 0.15) is 5.89 Å². The van der Waals surface area contributed by atoms with Gasteiger partial charge in [-0.1, -0.05) is 11.6 Å². The Hall–Kier alpha value is -1.81. The molecule has 4 nitrogen and oxygen atoms in total. The van der Waals surface area contributed by atoms with E-state index in [1.165, 1.54) is 0 Å². The molecule has 0 atom stereocenters. The van der Waals surface area contributed by atoms with E-state index in [9.17, 15) is 4.79 Å². The molecular weight excluding hydrogens is 218 g/mol. The summed E-state index contributed by atoms with van der Waals surface area (Å²) in [7, 11) is 0. The largest absolute Gasteiger partial charge is 0.515 e. The molecule has 0 fully saturated rings. The van der Waals surface area contributed by atoms with Crippen LogP contribution in [-0.2, 0) is 4.79 Å². The molecule has 0 saturated carbocycles. The summed E-state index contributed by atoms with van der Waals surface area (Å²) in [5.41, 5.74) is 1.04. The SMILES string of the molecule is O=CC(=CO)c1nc2cc(Cl)ccc2o1. The predicted octanol–water partition coefficient (Wildman–Crippen LogP) is 2.58. The molecule has 0 amide bonds. The zero-order valence-electron chi connectivity index (χ0n) is 7.48. The Balaban J connectivity index is 2.61. The average Bonchev–Trinajstić information content (AvgIpc) is 2.62. The van der Waals surface area contributed by atoms with E-state index >= 15 is 0 Å². The Bertz CT molecular complexity index is 545. The zero-order valence-corrected chi connectivity index (χ0v) is 8.23. The van der Waals surface area contributed by atoms with Gasteiger partial charge >= 0.3 is 0 Å². The normalized spacial score (nSPS) is 11.9. The van der Waals surface area contributed by atoms with Crippen LogP contribution in [0.25, 0.3) is 16.7 Å². The lowest BCUT2D eigenvalue weighted by atomic mass is 10.3. The Labute approximate surface area is 89.8 Å². The summed E-state index contributed by atoms with van der Waals surface area (Å²) in [6.45, 7) is 0. The van der Waals surface area contributed by atoms with Crippen LogP contribution in [0.15, 0.2) is 28.9 Å². The third-order valence-corrected chi connectivity index (χ3v) is 2.10. The number of fused-ring (bicyclic) bond motifs is 1. The first-order chi connectivity index (χ1) is 7.24. The third kappa shape index (κ3) is 1.71. The van der Waals surface area contributed by atoms with Crippen LogP contribution in [0, 0.1) is 0 Å². The highest BCUT2D eigenvalue weighted by atomic mass is 35.5. The molecule has 1 N–H and O–H groups in total. The topological polar surface area (TPSA) is 63.3 Å². The van der Waals surface area contributed by atoms with Gasteiger partial charge in [0.15, 0.2) is 11.9 Å². The van der Waals surface area contributed by atoms with E-state index in [2.05, 4.69) is 4.98 Å². The molecule has 1 aromatic heterocycles. The number of aliphatic hydroxyl groups excluding tert-OH is 1. The number of allylic oxidation sites excluding steroid dienone is 1. The number of aliphatic hydroxyl groups is 1. The molecule has 0 saturated heterocycles. The first-order valence-electron chi connectivity index (χ1n) is 4.10. The second kappa shape index (κ2) is 3.74. The van der Waals surface area contributed by atoms with E-state index in [4.69, 9.17) is 21.1 Å². The number of benzene rings is 1. The maximum Gasteiger partial charge on any atom is 0.233 e. The van der Waals surface area contributed by atoms with Gasteiger partial charge in [0.05, 0.1) is 6.26 Å². The van der Waals surface area contributed by atoms with Crippen LogP contribution in [0.5, 0.6) is 0 Å². The van der Waals surface area contributed by atoms with Crippen LogP contribution in [0.2, 0.25) is 5.02 Å².